The van der Waals surface area contributed by atoms with Gasteiger partial charge >= 0.3 is 0 Å². The Morgan fingerprint density at radius 2 is 1.79 bits per heavy atom. The predicted octanol–water partition coefficient (Wildman–Crippen LogP) is 2.18. The molecular weight excluding hydrogens is 240 g/mol. The first kappa shape index (κ1) is 13.5. The van der Waals surface area contributed by atoms with Crippen molar-refractivity contribution in [2.45, 2.75) is 6.10 Å². The molecule has 0 fully saturated rings. The van der Waals surface area contributed by atoms with E-state index in [0.717, 1.165) is 11.4 Å². The van der Waals surface area contributed by atoms with Crippen molar-refractivity contribution < 1.29 is 9.47 Å². The Morgan fingerprint density at radius 1 is 1.00 bits per heavy atom. The summed E-state index contributed by atoms with van der Waals surface area (Å²) in [7, 11) is 0. The van der Waals surface area contributed by atoms with E-state index < -0.39 is 0 Å². The number of benzene rings is 1. The zero-order chi connectivity index (χ0) is 13.3. The fourth-order valence-electron chi connectivity index (χ4n) is 1.71. The summed E-state index contributed by atoms with van der Waals surface area (Å²) >= 11 is 0. The quantitative estimate of drug-likeness (QED) is 0.773. The number of nitrogens with zero attached hydrogens (tertiary/aromatic N) is 1. The standard InChI is InChI=1S/C15H18N2O2/c16-12-15(14-8-4-5-9-17-14)19-11-10-18-13-6-2-1-3-7-13/h1-9,15H,10-12,16H2. The van der Waals surface area contributed by atoms with Crippen molar-refractivity contribution >= 4 is 0 Å². The van der Waals surface area contributed by atoms with E-state index in [1.54, 1.807) is 6.20 Å². The predicted molar refractivity (Wildman–Crippen MR) is 73.9 cm³/mol. The SMILES string of the molecule is NCC(OCCOc1ccccc1)c1ccccn1. The third-order valence-corrected chi connectivity index (χ3v) is 2.65. The molecule has 19 heavy (non-hydrogen) atoms. The Kier molecular flexibility index (Phi) is 5.34. The molecule has 4 heteroatoms. The summed E-state index contributed by atoms with van der Waals surface area (Å²) in [6, 6.07) is 15.4. The largest absolute Gasteiger partial charge is 0.491 e. The second kappa shape index (κ2) is 7.51. The topological polar surface area (TPSA) is 57.4 Å². The van der Waals surface area contributed by atoms with Gasteiger partial charge in [0.25, 0.3) is 0 Å². The number of hydrogen-bond acceptors (Lipinski definition) is 4. The molecule has 0 bridgehead atoms. The molecule has 2 aromatic rings. The Labute approximate surface area is 113 Å². The Bertz CT molecular complexity index is 462. The lowest BCUT2D eigenvalue weighted by Crippen LogP contribution is -2.19. The van der Waals surface area contributed by atoms with Crippen molar-refractivity contribution in [1.82, 2.24) is 4.98 Å². The highest BCUT2D eigenvalue weighted by Crippen LogP contribution is 2.13. The van der Waals surface area contributed by atoms with Crippen LogP contribution in [0.15, 0.2) is 54.7 Å². The maximum absolute atomic E-state index is 5.69. The van der Waals surface area contributed by atoms with E-state index in [1.165, 1.54) is 0 Å². The van der Waals surface area contributed by atoms with Crippen LogP contribution in [-0.2, 0) is 4.74 Å². The van der Waals surface area contributed by atoms with E-state index in [-0.39, 0.29) is 6.10 Å². The number of ether oxygens (including phenoxy) is 2. The molecule has 2 rings (SSSR count). The lowest BCUT2D eigenvalue weighted by molar-refractivity contribution is 0.0357. The smallest absolute Gasteiger partial charge is 0.119 e. The van der Waals surface area contributed by atoms with Gasteiger partial charge in [-0.25, -0.2) is 0 Å². The number of para-hydroxylation sites is 1. The van der Waals surface area contributed by atoms with Gasteiger partial charge in [0.2, 0.25) is 0 Å². The van der Waals surface area contributed by atoms with Crippen LogP contribution in [0.1, 0.15) is 11.8 Å². The van der Waals surface area contributed by atoms with Crippen LogP contribution < -0.4 is 10.5 Å². The molecule has 0 saturated carbocycles. The fraction of sp³-hybridized carbons (Fsp3) is 0.267. The van der Waals surface area contributed by atoms with Gasteiger partial charge in [-0.15, -0.1) is 0 Å². The third kappa shape index (κ3) is 4.35. The highest BCUT2D eigenvalue weighted by atomic mass is 16.5. The highest BCUT2D eigenvalue weighted by molar-refractivity contribution is 5.20. The molecule has 4 nitrogen and oxygen atoms in total. The Hall–Kier alpha value is -1.91. The number of nitrogens with two attached hydrogens (primary N) is 1. The maximum atomic E-state index is 5.69. The molecule has 0 aliphatic carbocycles. The van der Waals surface area contributed by atoms with Gasteiger partial charge in [0.15, 0.2) is 0 Å². The van der Waals surface area contributed by atoms with Gasteiger partial charge in [-0.3, -0.25) is 4.98 Å². The monoisotopic (exact) mass is 258 g/mol. The molecule has 0 spiro atoms. The minimum Gasteiger partial charge on any atom is -0.491 e. The van der Waals surface area contributed by atoms with Crippen LogP contribution in [0.2, 0.25) is 0 Å². The molecule has 1 heterocycles. The number of aromatic nitrogens is 1. The van der Waals surface area contributed by atoms with E-state index in [9.17, 15) is 0 Å². The third-order valence-electron chi connectivity index (χ3n) is 2.65. The van der Waals surface area contributed by atoms with Crippen molar-refractivity contribution in [3.05, 3.63) is 60.4 Å². The lowest BCUT2D eigenvalue weighted by Gasteiger charge is -2.15. The molecule has 0 aliphatic heterocycles. The molecule has 100 valence electrons. The summed E-state index contributed by atoms with van der Waals surface area (Å²) in [5.41, 5.74) is 6.54. The van der Waals surface area contributed by atoms with Gasteiger partial charge in [-0.05, 0) is 24.3 Å². The van der Waals surface area contributed by atoms with Crippen molar-refractivity contribution in [2.75, 3.05) is 19.8 Å². The molecule has 0 amide bonds. The van der Waals surface area contributed by atoms with E-state index in [0.29, 0.717) is 19.8 Å². The Balaban J connectivity index is 1.75. The van der Waals surface area contributed by atoms with Gasteiger partial charge in [0.05, 0.1) is 12.3 Å². The van der Waals surface area contributed by atoms with Crippen LogP contribution in [0.5, 0.6) is 5.75 Å². The molecule has 0 radical (unpaired) electrons. The summed E-state index contributed by atoms with van der Waals surface area (Å²) in [4.78, 5) is 4.24. The molecule has 1 atom stereocenters. The van der Waals surface area contributed by atoms with E-state index in [2.05, 4.69) is 4.98 Å². The minimum absolute atomic E-state index is 0.180. The summed E-state index contributed by atoms with van der Waals surface area (Å²) in [6.45, 7) is 1.38. The van der Waals surface area contributed by atoms with E-state index >= 15 is 0 Å². The molecule has 1 aromatic heterocycles. The molecular formula is C15H18N2O2. The molecule has 1 unspecified atom stereocenters. The average Bonchev–Trinajstić information content (AvgIpc) is 2.49. The molecule has 2 N–H and O–H groups in total. The van der Waals surface area contributed by atoms with Gasteiger partial charge in [-0.2, -0.15) is 0 Å². The zero-order valence-corrected chi connectivity index (χ0v) is 10.7. The number of rotatable bonds is 7. The summed E-state index contributed by atoms with van der Waals surface area (Å²) < 4.78 is 11.2. The van der Waals surface area contributed by atoms with Gasteiger partial charge < -0.3 is 15.2 Å². The van der Waals surface area contributed by atoms with Crippen LogP contribution >= 0.6 is 0 Å². The van der Waals surface area contributed by atoms with Crippen LogP contribution in [0, 0.1) is 0 Å². The van der Waals surface area contributed by atoms with Crippen LogP contribution in [-0.4, -0.2) is 24.7 Å². The van der Waals surface area contributed by atoms with Crippen LogP contribution in [0.25, 0.3) is 0 Å². The molecule has 0 aliphatic rings. The summed E-state index contributed by atoms with van der Waals surface area (Å²) in [5.74, 6) is 0.841. The van der Waals surface area contributed by atoms with Gasteiger partial charge in [-0.1, -0.05) is 24.3 Å². The van der Waals surface area contributed by atoms with E-state index in [1.807, 2.05) is 48.5 Å². The number of hydrogen-bond donors (Lipinski definition) is 1. The number of pyridine rings is 1. The first-order valence-corrected chi connectivity index (χ1v) is 6.30. The minimum atomic E-state index is -0.180. The van der Waals surface area contributed by atoms with Crippen molar-refractivity contribution in [1.29, 1.82) is 0 Å². The van der Waals surface area contributed by atoms with Gasteiger partial charge in [0.1, 0.15) is 18.5 Å². The van der Waals surface area contributed by atoms with Crippen LogP contribution in [0.4, 0.5) is 0 Å². The normalized spacial score (nSPS) is 12.1. The Morgan fingerprint density at radius 3 is 2.47 bits per heavy atom. The van der Waals surface area contributed by atoms with Crippen LogP contribution in [0.3, 0.4) is 0 Å². The fourth-order valence-corrected chi connectivity index (χ4v) is 1.71. The molecule has 1 aromatic carbocycles. The van der Waals surface area contributed by atoms with Crippen molar-refractivity contribution in [2.24, 2.45) is 5.73 Å². The second-order valence-electron chi connectivity index (χ2n) is 4.01. The lowest BCUT2D eigenvalue weighted by atomic mass is 10.2. The maximum Gasteiger partial charge on any atom is 0.119 e. The van der Waals surface area contributed by atoms with Crippen molar-refractivity contribution in [3.63, 3.8) is 0 Å². The van der Waals surface area contributed by atoms with Crippen molar-refractivity contribution in [3.8, 4) is 5.75 Å². The first-order chi connectivity index (χ1) is 9.40. The van der Waals surface area contributed by atoms with E-state index in [4.69, 9.17) is 15.2 Å². The average molecular weight is 258 g/mol. The van der Waals surface area contributed by atoms with Gasteiger partial charge in [0, 0.05) is 12.7 Å². The zero-order valence-electron chi connectivity index (χ0n) is 10.7. The first-order valence-electron chi connectivity index (χ1n) is 6.30. The second-order valence-corrected chi connectivity index (χ2v) is 4.01. The highest BCUT2D eigenvalue weighted by Gasteiger charge is 2.10. The summed E-state index contributed by atoms with van der Waals surface area (Å²) in [5, 5.41) is 0. The molecule has 0 saturated heterocycles. The summed E-state index contributed by atoms with van der Waals surface area (Å²) in [6.07, 6.45) is 1.56.